The number of aliphatic hydroxyl groups excluding tert-OH is 1. The molecule has 19 heavy (non-hydrogen) atoms. The minimum atomic E-state index is -1.28. The first-order valence-electron chi connectivity index (χ1n) is 6.17. The zero-order chi connectivity index (χ0) is 15.5. The molecule has 6 nitrogen and oxygen atoms in total. The van der Waals surface area contributed by atoms with Crippen LogP contribution in [0.25, 0.3) is 0 Å². The predicted octanol–water partition coefficient (Wildman–Crippen LogP) is 1.76. The van der Waals surface area contributed by atoms with Gasteiger partial charge >= 0.3 is 12.1 Å². The van der Waals surface area contributed by atoms with Crippen molar-refractivity contribution in [1.82, 2.24) is 5.32 Å². The molecule has 0 rings (SSSR count). The highest BCUT2D eigenvalue weighted by Crippen LogP contribution is 2.33. The number of amides is 1. The summed E-state index contributed by atoms with van der Waals surface area (Å²) in [5.41, 5.74) is -2.61. The maximum atomic E-state index is 11.8. The van der Waals surface area contributed by atoms with E-state index in [2.05, 4.69) is 5.32 Å². The number of alkyl carbamates (subject to hydrolysis) is 1. The van der Waals surface area contributed by atoms with Crippen LogP contribution in [0.4, 0.5) is 4.79 Å². The number of carboxylic acid groups (broad SMARTS) is 1. The number of rotatable bonds is 4. The van der Waals surface area contributed by atoms with Crippen LogP contribution in [0.3, 0.4) is 0 Å². The van der Waals surface area contributed by atoms with Crippen LogP contribution in [0.2, 0.25) is 0 Å². The van der Waals surface area contributed by atoms with Crippen molar-refractivity contribution in [3.05, 3.63) is 0 Å². The van der Waals surface area contributed by atoms with Crippen molar-refractivity contribution in [3.63, 3.8) is 0 Å². The van der Waals surface area contributed by atoms with Crippen LogP contribution in [0.1, 0.15) is 48.0 Å². The van der Waals surface area contributed by atoms with E-state index < -0.39 is 35.2 Å². The maximum absolute atomic E-state index is 11.8. The molecule has 0 saturated carbocycles. The van der Waals surface area contributed by atoms with Crippen LogP contribution >= 0.6 is 0 Å². The SMILES string of the molecule is CC(C)(C)OC(=O)N[C@@](CO)(CC(=O)O)C(C)(C)C. The van der Waals surface area contributed by atoms with Gasteiger partial charge in [0, 0.05) is 0 Å². The summed E-state index contributed by atoms with van der Waals surface area (Å²) in [6.07, 6.45) is -1.12. The van der Waals surface area contributed by atoms with Gasteiger partial charge in [0.15, 0.2) is 0 Å². The predicted molar refractivity (Wildman–Crippen MR) is 70.9 cm³/mol. The molecule has 0 bridgehead atoms. The van der Waals surface area contributed by atoms with Crippen molar-refractivity contribution >= 4 is 12.1 Å². The zero-order valence-electron chi connectivity index (χ0n) is 12.5. The number of ether oxygens (including phenoxy) is 1. The molecule has 0 radical (unpaired) electrons. The number of carbonyl (C=O) groups excluding carboxylic acids is 1. The summed E-state index contributed by atoms with van der Waals surface area (Å²) < 4.78 is 5.12. The summed E-state index contributed by atoms with van der Waals surface area (Å²) in [6.45, 7) is 9.91. The first kappa shape index (κ1) is 17.7. The first-order valence-corrected chi connectivity index (χ1v) is 6.17. The van der Waals surface area contributed by atoms with E-state index >= 15 is 0 Å². The van der Waals surface area contributed by atoms with Crippen molar-refractivity contribution in [2.45, 2.75) is 59.1 Å². The topological polar surface area (TPSA) is 95.9 Å². The van der Waals surface area contributed by atoms with Crippen LogP contribution in [0, 0.1) is 5.41 Å². The molecule has 0 fully saturated rings. The summed E-state index contributed by atoms with van der Waals surface area (Å²) in [6, 6.07) is 0. The molecule has 0 aromatic rings. The van der Waals surface area contributed by atoms with E-state index in [-0.39, 0.29) is 6.42 Å². The van der Waals surface area contributed by atoms with Crippen LogP contribution in [0.5, 0.6) is 0 Å². The molecule has 0 aromatic heterocycles. The van der Waals surface area contributed by atoms with Gasteiger partial charge in [-0.2, -0.15) is 0 Å². The van der Waals surface area contributed by atoms with Crippen LogP contribution in [-0.4, -0.2) is 40.0 Å². The van der Waals surface area contributed by atoms with Gasteiger partial charge in [0.2, 0.25) is 0 Å². The molecule has 0 heterocycles. The van der Waals surface area contributed by atoms with Gasteiger partial charge in [-0.3, -0.25) is 4.79 Å². The third-order valence-corrected chi connectivity index (χ3v) is 2.90. The highest BCUT2D eigenvalue weighted by Gasteiger charge is 2.45. The van der Waals surface area contributed by atoms with E-state index in [0.29, 0.717) is 0 Å². The minimum absolute atomic E-state index is 0.383. The number of nitrogens with one attached hydrogen (secondary N) is 1. The number of carbonyl (C=O) groups is 2. The highest BCUT2D eigenvalue weighted by atomic mass is 16.6. The van der Waals surface area contributed by atoms with E-state index in [1.165, 1.54) is 0 Å². The molecule has 0 aromatic carbocycles. The van der Waals surface area contributed by atoms with E-state index in [9.17, 15) is 14.7 Å². The first-order chi connectivity index (χ1) is 8.33. The van der Waals surface area contributed by atoms with Crippen LogP contribution in [0.15, 0.2) is 0 Å². The molecular formula is C13H25NO5. The molecule has 0 aliphatic heterocycles. The lowest BCUT2D eigenvalue weighted by Gasteiger charge is -2.43. The Morgan fingerprint density at radius 2 is 1.58 bits per heavy atom. The van der Waals surface area contributed by atoms with Crippen molar-refractivity contribution in [2.75, 3.05) is 6.61 Å². The maximum Gasteiger partial charge on any atom is 0.408 e. The number of hydrogen-bond donors (Lipinski definition) is 3. The van der Waals surface area contributed by atoms with Crippen LogP contribution in [-0.2, 0) is 9.53 Å². The van der Waals surface area contributed by atoms with Gasteiger partial charge in [-0.1, -0.05) is 20.8 Å². The Labute approximate surface area is 114 Å². The summed E-state index contributed by atoms with van der Waals surface area (Å²) in [7, 11) is 0. The lowest BCUT2D eigenvalue weighted by molar-refractivity contribution is -0.141. The molecule has 0 spiro atoms. The van der Waals surface area contributed by atoms with Gasteiger partial charge in [0.1, 0.15) is 5.60 Å². The molecule has 3 N–H and O–H groups in total. The molecule has 112 valence electrons. The molecule has 6 heteroatoms. The van der Waals surface area contributed by atoms with Gasteiger partial charge in [-0.15, -0.1) is 0 Å². The van der Waals surface area contributed by atoms with E-state index in [0.717, 1.165) is 0 Å². The number of aliphatic carboxylic acids is 1. The van der Waals surface area contributed by atoms with Gasteiger partial charge in [0.25, 0.3) is 0 Å². The Kier molecular flexibility index (Phi) is 5.38. The number of hydrogen-bond acceptors (Lipinski definition) is 4. The highest BCUT2D eigenvalue weighted by molar-refractivity contribution is 5.73. The van der Waals surface area contributed by atoms with Gasteiger partial charge in [0.05, 0.1) is 18.6 Å². The third-order valence-electron chi connectivity index (χ3n) is 2.90. The fourth-order valence-electron chi connectivity index (χ4n) is 1.59. The summed E-state index contributed by atoms with van der Waals surface area (Å²) in [4.78, 5) is 22.8. The van der Waals surface area contributed by atoms with Crippen molar-refractivity contribution in [3.8, 4) is 0 Å². The second kappa shape index (κ2) is 5.77. The average Bonchev–Trinajstić information content (AvgIpc) is 2.10. The van der Waals surface area contributed by atoms with Crippen molar-refractivity contribution in [2.24, 2.45) is 5.41 Å². The standard InChI is InChI=1S/C13H25NO5/c1-11(2,3)13(8-15,7-9(16)17)14-10(18)19-12(4,5)6/h15H,7-8H2,1-6H3,(H,14,18)(H,16,17)/t13-/m1/s1. The van der Waals surface area contributed by atoms with Crippen molar-refractivity contribution < 1.29 is 24.5 Å². The van der Waals surface area contributed by atoms with Gasteiger partial charge in [-0.05, 0) is 26.2 Å². The third kappa shape index (κ3) is 5.46. The largest absolute Gasteiger partial charge is 0.481 e. The zero-order valence-corrected chi connectivity index (χ0v) is 12.5. The number of carboxylic acids is 1. The molecule has 0 aliphatic carbocycles. The average molecular weight is 275 g/mol. The van der Waals surface area contributed by atoms with E-state index in [1.807, 2.05) is 0 Å². The fraction of sp³-hybridized carbons (Fsp3) is 0.846. The van der Waals surface area contributed by atoms with Gasteiger partial charge in [-0.25, -0.2) is 4.79 Å². The Bertz CT molecular complexity index is 340. The van der Waals surface area contributed by atoms with E-state index in [4.69, 9.17) is 9.84 Å². The van der Waals surface area contributed by atoms with E-state index in [1.54, 1.807) is 41.5 Å². The lowest BCUT2D eigenvalue weighted by Crippen LogP contribution is -2.61. The van der Waals surface area contributed by atoms with Crippen molar-refractivity contribution in [1.29, 1.82) is 0 Å². The monoisotopic (exact) mass is 275 g/mol. The Morgan fingerprint density at radius 3 is 1.84 bits per heavy atom. The second-order valence-corrected chi connectivity index (χ2v) is 6.69. The molecule has 0 aliphatic rings. The lowest BCUT2D eigenvalue weighted by atomic mass is 9.72. The van der Waals surface area contributed by atoms with Crippen LogP contribution < -0.4 is 5.32 Å². The Hall–Kier alpha value is -1.30. The summed E-state index contributed by atoms with van der Waals surface area (Å²) >= 11 is 0. The molecule has 1 atom stereocenters. The quantitative estimate of drug-likeness (QED) is 0.726. The molecule has 1 amide bonds. The molecular weight excluding hydrogens is 250 g/mol. The minimum Gasteiger partial charge on any atom is -0.481 e. The normalized spacial score (nSPS) is 15.5. The Morgan fingerprint density at radius 1 is 1.11 bits per heavy atom. The number of aliphatic hydroxyl groups is 1. The van der Waals surface area contributed by atoms with Gasteiger partial charge < -0.3 is 20.3 Å². The smallest absolute Gasteiger partial charge is 0.408 e. The summed E-state index contributed by atoms with van der Waals surface area (Å²) in [5.74, 6) is -1.10. The second-order valence-electron chi connectivity index (χ2n) is 6.69. The Balaban J connectivity index is 5.16. The molecule has 0 unspecified atom stereocenters. The fourth-order valence-corrected chi connectivity index (χ4v) is 1.59. The summed E-state index contributed by atoms with van der Waals surface area (Å²) in [5, 5.41) is 21.1. The molecule has 0 saturated heterocycles.